The highest BCUT2D eigenvalue weighted by atomic mass is 35.5. The van der Waals surface area contributed by atoms with Crippen molar-refractivity contribution in [1.82, 2.24) is 15.2 Å². The van der Waals surface area contributed by atoms with Crippen molar-refractivity contribution in [2.45, 2.75) is 76.2 Å². The van der Waals surface area contributed by atoms with Gasteiger partial charge in [-0.25, -0.2) is 9.78 Å². The Kier molecular flexibility index (Phi) is 8.53. The number of carboxylic acid groups (broad SMARTS) is 1. The first-order valence-electron chi connectivity index (χ1n) is 14.2. The van der Waals surface area contributed by atoms with E-state index in [1.165, 1.54) is 0 Å². The Bertz CT molecular complexity index is 1340. The van der Waals surface area contributed by atoms with Gasteiger partial charge in [-0.2, -0.15) is 0 Å². The lowest BCUT2D eigenvalue weighted by Crippen LogP contribution is -2.51. The Hall–Kier alpha value is -2.84. The summed E-state index contributed by atoms with van der Waals surface area (Å²) >= 11 is 13.5. The highest BCUT2D eigenvalue weighted by Crippen LogP contribution is 2.51. The lowest BCUT2D eigenvalue weighted by Gasteiger charge is -2.47. The number of amides is 1. The number of hydrogen-bond acceptors (Lipinski definition) is 5. The van der Waals surface area contributed by atoms with Gasteiger partial charge in [-0.05, 0) is 66.5 Å². The van der Waals surface area contributed by atoms with Crippen molar-refractivity contribution < 1.29 is 15.0 Å². The number of hydrogen-bond donors (Lipinski definition) is 4. The maximum Gasteiger partial charge on any atom is 0.404 e. The molecule has 4 N–H and O–H groups in total. The highest BCUT2D eigenvalue weighted by molar-refractivity contribution is 6.32. The van der Waals surface area contributed by atoms with Crippen LogP contribution in [0.1, 0.15) is 69.3 Å². The van der Waals surface area contributed by atoms with Crippen molar-refractivity contribution in [1.29, 1.82) is 0 Å². The molecule has 2 bridgehead atoms. The predicted molar refractivity (Wildman–Crippen MR) is 164 cm³/mol. The normalized spacial score (nSPS) is 23.4. The van der Waals surface area contributed by atoms with E-state index in [9.17, 15) is 15.0 Å². The number of nitrogens with one attached hydrogen (secondary N) is 2. The van der Waals surface area contributed by atoms with Gasteiger partial charge >= 0.3 is 6.09 Å². The van der Waals surface area contributed by atoms with Gasteiger partial charge in [0.15, 0.2) is 0 Å². The van der Waals surface area contributed by atoms with Crippen molar-refractivity contribution in [2.75, 3.05) is 11.9 Å². The van der Waals surface area contributed by atoms with E-state index in [4.69, 9.17) is 28.2 Å². The predicted octanol–water partition coefficient (Wildman–Crippen LogP) is 7.09. The number of halogens is 2. The Morgan fingerprint density at radius 3 is 2.05 bits per heavy atom. The summed E-state index contributed by atoms with van der Waals surface area (Å²) in [4.78, 5) is 18.6. The molecule has 2 fully saturated rings. The molecule has 3 atom stereocenters. The lowest BCUT2D eigenvalue weighted by molar-refractivity contribution is -0.0683. The molecule has 0 saturated carbocycles. The second kappa shape index (κ2) is 11.8. The smallest absolute Gasteiger partial charge is 0.404 e. The summed E-state index contributed by atoms with van der Waals surface area (Å²) in [5.74, 6) is 0.608. The van der Waals surface area contributed by atoms with Gasteiger partial charge in [0.1, 0.15) is 11.4 Å². The number of rotatable bonds is 8. The second-order valence-corrected chi connectivity index (χ2v) is 13.2. The van der Waals surface area contributed by atoms with E-state index < -0.39 is 11.7 Å². The Morgan fingerprint density at radius 2 is 1.54 bits per heavy atom. The largest absolute Gasteiger partial charge is 0.465 e. The van der Waals surface area contributed by atoms with Gasteiger partial charge in [0.05, 0.1) is 17.8 Å². The molecule has 1 aromatic heterocycles. The first kappa shape index (κ1) is 29.6. The molecule has 0 radical (unpaired) electrons. The third-order valence-corrected chi connectivity index (χ3v) is 9.27. The summed E-state index contributed by atoms with van der Waals surface area (Å²) < 4.78 is 0. The van der Waals surface area contributed by atoms with Gasteiger partial charge in [0.25, 0.3) is 0 Å². The quantitative estimate of drug-likeness (QED) is 0.222. The zero-order valence-corrected chi connectivity index (χ0v) is 25.2. The van der Waals surface area contributed by atoms with Crippen LogP contribution in [0.15, 0.2) is 66.7 Å². The SMILES string of the molecule is CC(C)(C)C(CNc1cccc(C2(O)CC3CCC(C2)N3C(c2ccccc2Cl)c2ccccc2Cl)n1)NC(=O)O. The number of piperidine rings is 1. The van der Waals surface area contributed by atoms with Crippen molar-refractivity contribution in [3.63, 3.8) is 0 Å². The zero-order valence-electron chi connectivity index (χ0n) is 23.6. The van der Waals surface area contributed by atoms with Crippen LogP contribution >= 0.6 is 23.2 Å². The summed E-state index contributed by atoms with van der Waals surface area (Å²) in [6, 6.07) is 21.3. The van der Waals surface area contributed by atoms with Crippen LogP contribution in [0.2, 0.25) is 10.0 Å². The molecule has 5 rings (SSSR count). The number of aromatic nitrogens is 1. The molecule has 3 aromatic rings. The summed E-state index contributed by atoms with van der Waals surface area (Å²) in [5.41, 5.74) is 1.28. The molecule has 3 unspecified atom stereocenters. The molecule has 41 heavy (non-hydrogen) atoms. The van der Waals surface area contributed by atoms with Gasteiger partial charge in [-0.1, -0.05) is 86.4 Å². The van der Waals surface area contributed by atoms with Gasteiger partial charge in [0, 0.05) is 28.7 Å². The molecule has 2 aliphatic heterocycles. The maximum absolute atomic E-state index is 12.1. The summed E-state index contributed by atoms with van der Waals surface area (Å²) in [7, 11) is 0. The number of benzene rings is 2. The van der Waals surface area contributed by atoms with Crippen molar-refractivity contribution in [3.05, 3.63) is 93.6 Å². The Balaban J connectivity index is 1.40. The zero-order chi connectivity index (χ0) is 29.4. The minimum absolute atomic E-state index is 0.111. The van der Waals surface area contributed by atoms with E-state index in [-0.39, 0.29) is 29.6 Å². The maximum atomic E-state index is 12.1. The summed E-state index contributed by atoms with van der Waals surface area (Å²) in [6.45, 7) is 6.35. The van der Waals surface area contributed by atoms with Gasteiger partial charge < -0.3 is 20.8 Å². The third-order valence-electron chi connectivity index (χ3n) is 8.58. The monoisotopic (exact) mass is 596 g/mol. The molecule has 218 valence electrons. The molecule has 2 saturated heterocycles. The van der Waals surface area contributed by atoms with Crippen LogP contribution < -0.4 is 10.6 Å². The first-order valence-corrected chi connectivity index (χ1v) is 14.9. The molecule has 0 spiro atoms. The van der Waals surface area contributed by atoms with Crippen LogP contribution in [0.4, 0.5) is 10.6 Å². The van der Waals surface area contributed by atoms with Gasteiger partial charge in [0.2, 0.25) is 0 Å². The Morgan fingerprint density at radius 1 is 0.976 bits per heavy atom. The molecule has 0 aliphatic carbocycles. The van der Waals surface area contributed by atoms with Gasteiger partial charge in [-0.3, -0.25) is 4.90 Å². The number of nitrogens with zero attached hydrogens (tertiary/aromatic N) is 2. The van der Waals surface area contributed by atoms with E-state index in [1.54, 1.807) is 0 Å². The molecule has 7 nitrogen and oxygen atoms in total. The molecular formula is C32H38Cl2N4O3. The first-order chi connectivity index (χ1) is 19.5. The second-order valence-electron chi connectivity index (χ2n) is 12.4. The topological polar surface area (TPSA) is 97.7 Å². The van der Waals surface area contributed by atoms with Crippen LogP contribution in [-0.2, 0) is 5.60 Å². The average Bonchev–Trinajstić information content (AvgIpc) is 3.18. The third kappa shape index (κ3) is 6.33. The van der Waals surface area contributed by atoms with Crippen molar-refractivity contribution in [3.8, 4) is 0 Å². The molecule has 1 amide bonds. The minimum atomic E-state index is -1.09. The van der Waals surface area contributed by atoms with E-state index in [0.29, 0.717) is 40.9 Å². The minimum Gasteiger partial charge on any atom is -0.465 e. The molecule has 9 heteroatoms. The summed E-state index contributed by atoms with van der Waals surface area (Å²) in [5, 5.41) is 28.6. The van der Waals surface area contributed by atoms with Crippen LogP contribution in [0.5, 0.6) is 0 Å². The van der Waals surface area contributed by atoms with Crippen LogP contribution in [0.3, 0.4) is 0 Å². The fourth-order valence-electron chi connectivity index (χ4n) is 6.49. The molecular weight excluding hydrogens is 559 g/mol. The molecule has 3 heterocycles. The van der Waals surface area contributed by atoms with E-state index in [1.807, 2.05) is 75.4 Å². The summed E-state index contributed by atoms with van der Waals surface area (Å²) in [6.07, 6.45) is 1.94. The number of aliphatic hydroxyl groups is 1. The molecule has 2 aromatic carbocycles. The van der Waals surface area contributed by atoms with Gasteiger partial charge in [-0.15, -0.1) is 0 Å². The van der Waals surface area contributed by atoms with Crippen molar-refractivity contribution >= 4 is 35.1 Å². The van der Waals surface area contributed by atoms with E-state index in [2.05, 4.69) is 27.7 Å². The number of fused-ring (bicyclic) bond motifs is 2. The Labute approximate surface area is 251 Å². The fourth-order valence-corrected chi connectivity index (χ4v) is 6.97. The van der Waals surface area contributed by atoms with Crippen molar-refractivity contribution in [2.24, 2.45) is 5.41 Å². The van der Waals surface area contributed by atoms with Crippen LogP contribution in [0, 0.1) is 5.41 Å². The number of anilines is 1. The van der Waals surface area contributed by atoms with Crippen LogP contribution in [0.25, 0.3) is 0 Å². The fraction of sp³-hybridized carbons (Fsp3) is 0.438. The highest BCUT2D eigenvalue weighted by Gasteiger charge is 2.51. The van der Waals surface area contributed by atoms with E-state index in [0.717, 1.165) is 24.0 Å². The standard InChI is InChI=1S/C32H38Cl2N4O3/c1-31(2,3)27(37-30(39)40)19-35-28-14-8-13-26(36-28)32(41)17-20-15-16-21(18-32)38(20)29(22-9-4-6-11-24(22)33)23-10-5-7-12-25(23)34/h4-14,20-21,27,29,37,41H,15-19H2,1-3H3,(H,35,36)(H,39,40). The average molecular weight is 598 g/mol. The van der Waals surface area contributed by atoms with E-state index >= 15 is 0 Å². The van der Waals surface area contributed by atoms with Crippen LogP contribution in [-0.4, -0.2) is 50.9 Å². The number of pyridine rings is 1. The molecule has 2 aliphatic rings. The lowest BCUT2D eigenvalue weighted by atomic mass is 9.81. The number of carbonyl (C=O) groups is 1.